The second-order valence-electron chi connectivity index (χ2n) is 5.21. The zero-order valence-electron chi connectivity index (χ0n) is 10.3. The molecule has 4 rings (SSSR count). The van der Waals surface area contributed by atoms with E-state index in [1.165, 1.54) is 37.3 Å². The molecule has 1 unspecified atom stereocenters. The number of hydrogen-bond acceptors (Lipinski definition) is 4. The number of fused-ring (bicyclic) bond motifs is 3. The standard InChI is InChI=1S/C13H18N2O2S/c16-13(17)12-10(3-6-18-12)7-14-11-8-15-4-1-9(11)2-5-15/h3,6,9,11,14H,1-2,4-5,7-8H2,(H,16,17). The summed E-state index contributed by atoms with van der Waals surface area (Å²) in [5.74, 6) is -0.0300. The van der Waals surface area contributed by atoms with Crippen LogP contribution in [0.5, 0.6) is 0 Å². The molecule has 4 heterocycles. The van der Waals surface area contributed by atoms with Gasteiger partial charge in [0.15, 0.2) is 0 Å². The summed E-state index contributed by atoms with van der Waals surface area (Å²) in [6.07, 6.45) is 2.57. The lowest BCUT2D eigenvalue weighted by molar-refractivity contribution is 0.0692. The predicted molar refractivity (Wildman–Crippen MR) is 71.1 cm³/mol. The number of nitrogens with zero attached hydrogens (tertiary/aromatic N) is 1. The van der Waals surface area contributed by atoms with Gasteiger partial charge in [0, 0.05) is 19.1 Å². The molecule has 18 heavy (non-hydrogen) atoms. The molecule has 0 radical (unpaired) electrons. The zero-order chi connectivity index (χ0) is 12.5. The second-order valence-corrected chi connectivity index (χ2v) is 6.12. The average Bonchev–Trinajstić information content (AvgIpc) is 2.86. The van der Waals surface area contributed by atoms with Gasteiger partial charge in [-0.1, -0.05) is 0 Å². The summed E-state index contributed by atoms with van der Waals surface area (Å²) in [4.78, 5) is 14.0. The first kappa shape index (κ1) is 12.1. The third-order valence-corrected chi connectivity index (χ3v) is 5.10. The van der Waals surface area contributed by atoms with Crippen molar-refractivity contribution in [2.24, 2.45) is 5.92 Å². The van der Waals surface area contributed by atoms with Crippen LogP contribution in [0.1, 0.15) is 28.1 Å². The number of carboxylic acids is 1. The molecule has 1 aromatic heterocycles. The largest absolute Gasteiger partial charge is 0.477 e. The molecule has 2 bridgehead atoms. The number of carbonyl (C=O) groups is 1. The van der Waals surface area contributed by atoms with Crippen molar-refractivity contribution in [3.8, 4) is 0 Å². The highest BCUT2D eigenvalue weighted by Gasteiger charge is 2.33. The lowest BCUT2D eigenvalue weighted by Gasteiger charge is -2.45. The average molecular weight is 266 g/mol. The van der Waals surface area contributed by atoms with Crippen LogP contribution in [0, 0.1) is 5.92 Å². The molecule has 3 aliphatic rings. The Balaban J connectivity index is 1.61. The van der Waals surface area contributed by atoms with Crippen molar-refractivity contribution in [3.05, 3.63) is 21.9 Å². The van der Waals surface area contributed by atoms with Gasteiger partial charge in [0.1, 0.15) is 4.88 Å². The first-order chi connectivity index (χ1) is 8.74. The van der Waals surface area contributed by atoms with Gasteiger partial charge in [-0.25, -0.2) is 4.79 Å². The smallest absolute Gasteiger partial charge is 0.346 e. The van der Waals surface area contributed by atoms with E-state index in [1.807, 2.05) is 11.4 Å². The number of thiophene rings is 1. The van der Waals surface area contributed by atoms with Crippen molar-refractivity contribution in [1.82, 2.24) is 10.2 Å². The van der Waals surface area contributed by atoms with Crippen LogP contribution in [0.3, 0.4) is 0 Å². The maximum atomic E-state index is 11.0. The van der Waals surface area contributed by atoms with Crippen molar-refractivity contribution < 1.29 is 9.90 Å². The third-order valence-electron chi connectivity index (χ3n) is 4.15. The molecular weight excluding hydrogens is 248 g/mol. The number of rotatable bonds is 4. The molecule has 0 spiro atoms. The van der Waals surface area contributed by atoms with Gasteiger partial charge in [-0.05, 0) is 48.9 Å². The summed E-state index contributed by atoms with van der Waals surface area (Å²) in [5.41, 5.74) is 0.920. The van der Waals surface area contributed by atoms with E-state index in [2.05, 4.69) is 10.2 Å². The number of piperidine rings is 3. The first-order valence-corrected chi connectivity index (χ1v) is 7.37. The summed E-state index contributed by atoms with van der Waals surface area (Å²) >= 11 is 1.31. The fourth-order valence-electron chi connectivity index (χ4n) is 3.10. The maximum absolute atomic E-state index is 11.0. The predicted octanol–water partition coefficient (Wildman–Crippen LogP) is 1.63. The van der Waals surface area contributed by atoms with E-state index in [4.69, 9.17) is 5.11 Å². The monoisotopic (exact) mass is 266 g/mol. The van der Waals surface area contributed by atoms with E-state index in [1.54, 1.807) is 0 Å². The Morgan fingerprint density at radius 2 is 2.28 bits per heavy atom. The topological polar surface area (TPSA) is 52.6 Å². The van der Waals surface area contributed by atoms with E-state index in [0.717, 1.165) is 18.0 Å². The normalized spacial score (nSPS) is 30.6. The molecule has 3 saturated heterocycles. The zero-order valence-corrected chi connectivity index (χ0v) is 11.1. The van der Waals surface area contributed by atoms with Gasteiger partial charge in [0.25, 0.3) is 0 Å². The molecule has 5 heteroatoms. The Morgan fingerprint density at radius 1 is 1.50 bits per heavy atom. The Bertz CT molecular complexity index is 438. The number of nitrogens with one attached hydrogen (secondary N) is 1. The van der Waals surface area contributed by atoms with Crippen molar-refractivity contribution in [3.63, 3.8) is 0 Å². The molecule has 1 aromatic rings. The SMILES string of the molecule is O=C(O)c1sccc1CNC1CN2CCC1CC2. The number of hydrogen-bond donors (Lipinski definition) is 2. The Labute approximate surface area is 111 Å². The highest BCUT2D eigenvalue weighted by Crippen LogP contribution is 2.28. The molecule has 3 aliphatic heterocycles. The van der Waals surface area contributed by atoms with Crippen LogP contribution in [-0.2, 0) is 6.54 Å². The van der Waals surface area contributed by atoms with Crippen LogP contribution >= 0.6 is 11.3 Å². The molecule has 1 atom stereocenters. The molecule has 3 fully saturated rings. The van der Waals surface area contributed by atoms with Gasteiger partial charge in [-0.15, -0.1) is 11.3 Å². The molecule has 4 nitrogen and oxygen atoms in total. The van der Waals surface area contributed by atoms with Crippen LogP contribution in [-0.4, -0.2) is 41.7 Å². The summed E-state index contributed by atoms with van der Waals surface area (Å²) < 4.78 is 0. The fourth-order valence-corrected chi connectivity index (χ4v) is 3.86. The van der Waals surface area contributed by atoms with Gasteiger partial charge < -0.3 is 15.3 Å². The van der Waals surface area contributed by atoms with Crippen LogP contribution < -0.4 is 5.32 Å². The summed E-state index contributed by atoms with van der Waals surface area (Å²) in [5, 5.41) is 14.5. The summed E-state index contributed by atoms with van der Waals surface area (Å²) in [6.45, 7) is 4.28. The number of carboxylic acid groups (broad SMARTS) is 1. The molecule has 98 valence electrons. The van der Waals surface area contributed by atoms with Gasteiger partial charge >= 0.3 is 5.97 Å². The molecular formula is C13H18N2O2S. The van der Waals surface area contributed by atoms with Crippen LogP contribution in [0.2, 0.25) is 0 Å². The van der Waals surface area contributed by atoms with E-state index in [-0.39, 0.29) is 0 Å². The van der Waals surface area contributed by atoms with E-state index < -0.39 is 5.97 Å². The second kappa shape index (κ2) is 4.99. The molecule has 0 saturated carbocycles. The van der Waals surface area contributed by atoms with Gasteiger partial charge in [0.05, 0.1) is 0 Å². The summed E-state index contributed by atoms with van der Waals surface area (Å²) in [7, 11) is 0. The summed E-state index contributed by atoms with van der Waals surface area (Å²) in [6, 6.07) is 2.46. The molecule has 0 amide bonds. The molecule has 0 aliphatic carbocycles. The van der Waals surface area contributed by atoms with Crippen LogP contribution in [0.4, 0.5) is 0 Å². The fraction of sp³-hybridized carbons (Fsp3) is 0.615. The van der Waals surface area contributed by atoms with Crippen LogP contribution in [0.15, 0.2) is 11.4 Å². The number of aromatic carboxylic acids is 1. The molecule has 0 aromatic carbocycles. The minimum absolute atomic E-state index is 0.476. The molecule has 2 N–H and O–H groups in total. The Morgan fingerprint density at radius 3 is 2.89 bits per heavy atom. The lowest BCUT2D eigenvalue weighted by atomic mass is 9.84. The minimum atomic E-state index is -0.810. The van der Waals surface area contributed by atoms with Crippen molar-refractivity contribution in [2.75, 3.05) is 19.6 Å². The van der Waals surface area contributed by atoms with E-state index >= 15 is 0 Å². The van der Waals surface area contributed by atoms with E-state index in [0.29, 0.717) is 17.5 Å². The Kier molecular flexibility index (Phi) is 3.37. The van der Waals surface area contributed by atoms with E-state index in [9.17, 15) is 4.79 Å². The van der Waals surface area contributed by atoms with Crippen molar-refractivity contribution >= 4 is 17.3 Å². The Hall–Kier alpha value is -0.910. The van der Waals surface area contributed by atoms with Crippen molar-refractivity contribution in [1.29, 1.82) is 0 Å². The van der Waals surface area contributed by atoms with Crippen LogP contribution in [0.25, 0.3) is 0 Å². The van der Waals surface area contributed by atoms with Crippen molar-refractivity contribution in [2.45, 2.75) is 25.4 Å². The highest BCUT2D eigenvalue weighted by atomic mass is 32.1. The third kappa shape index (κ3) is 2.30. The lowest BCUT2D eigenvalue weighted by Crippen LogP contribution is -2.55. The van der Waals surface area contributed by atoms with Gasteiger partial charge in [-0.3, -0.25) is 0 Å². The van der Waals surface area contributed by atoms with Gasteiger partial charge in [-0.2, -0.15) is 0 Å². The first-order valence-electron chi connectivity index (χ1n) is 6.49. The highest BCUT2D eigenvalue weighted by molar-refractivity contribution is 7.12. The van der Waals surface area contributed by atoms with Gasteiger partial charge in [0.2, 0.25) is 0 Å². The quantitative estimate of drug-likeness (QED) is 0.869. The maximum Gasteiger partial charge on any atom is 0.346 e. The minimum Gasteiger partial charge on any atom is -0.477 e.